The smallest absolute Gasteiger partial charge is 0.342 e. The van der Waals surface area contributed by atoms with E-state index in [1.807, 2.05) is 35.6 Å². The molecule has 0 saturated carbocycles. The Hall–Kier alpha value is -2.44. The van der Waals surface area contributed by atoms with E-state index in [4.69, 9.17) is 0 Å². The second kappa shape index (κ2) is 7.63. The molecule has 1 saturated heterocycles. The summed E-state index contributed by atoms with van der Waals surface area (Å²) in [5.41, 5.74) is 2.68. The van der Waals surface area contributed by atoms with E-state index in [2.05, 4.69) is 15.1 Å². The van der Waals surface area contributed by atoms with Crippen molar-refractivity contribution in [1.29, 1.82) is 0 Å². The van der Waals surface area contributed by atoms with Gasteiger partial charge >= 0.3 is 5.69 Å². The van der Waals surface area contributed by atoms with Crippen molar-refractivity contribution in [2.24, 2.45) is 0 Å². The maximum Gasteiger partial charge on any atom is 0.345 e. The number of nitrogens with zero attached hydrogens (tertiary/aromatic N) is 4. The Morgan fingerprint density at radius 2 is 2.24 bits per heavy atom. The number of aromatic nitrogens is 4. The molecule has 0 radical (unpaired) electrons. The van der Waals surface area contributed by atoms with Crippen LogP contribution in [0.3, 0.4) is 0 Å². The fourth-order valence-electron chi connectivity index (χ4n) is 3.52. The second-order valence-corrected chi connectivity index (χ2v) is 6.76. The van der Waals surface area contributed by atoms with Gasteiger partial charge in [-0.3, -0.25) is 9.48 Å². The fraction of sp³-hybridized carbons (Fsp3) is 0.556. The number of carbonyl (C=O) groups excluding carboxylic acids is 1. The molecule has 0 aliphatic carbocycles. The number of rotatable bonds is 5. The van der Waals surface area contributed by atoms with Crippen molar-refractivity contribution in [1.82, 2.24) is 24.6 Å². The summed E-state index contributed by atoms with van der Waals surface area (Å²) in [5.74, 6) is 0.368. The van der Waals surface area contributed by atoms with Gasteiger partial charge in [-0.2, -0.15) is 5.10 Å². The van der Waals surface area contributed by atoms with Crippen molar-refractivity contribution >= 4 is 5.91 Å². The van der Waals surface area contributed by atoms with Gasteiger partial charge in [-0.15, -0.1) is 0 Å². The van der Waals surface area contributed by atoms with Crippen LogP contribution in [0.4, 0.5) is 0 Å². The standard InChI is InChI=1S/C18H25N5O2/c1-13-11-14(2)23(21-13)10-4-6-17(24)22-9-3-5-15(12-22)16-7-8-19-18(25)20-16/h7-8,11,15H,3-6,9-10,12H2,1-2H3,(H,19,20,25). The second-order valence-electron chi connectivity index (χ2n) is 6.76. The van der Waals surface area contributed by atoms with Crippen LogP contribution < -0.4 is 5.69 Å². The molecular weight excluding hydrogens is 318 g/mol. The van der Waals surface area contributed by atoms with Crippen LogP contribution in [0, 0.1) is 13.8 Å². The molecule has 1 aliphatic heterocycles. The highest BCUT2D eigenvalue weighted by Crippen LogP contribution is 2.25. The van der Waals surface area contributed by atoms with Crippen LogP contribution in [-0.4, -0.2) is 43.6 Å². The summed E-state index contributed by atoms with van der Waals surface area (Å²) >= 11 is 0. The van der Waals surface area contributed by atoms with Gasteiger partial charge in [0.25, 0.3) is 0 Å². The van der Waals surface area contributed by atoms with Crippen LogP contribution in [0.1, 0.15) is 48.7 Å². The third-order valence-corrected chi connectivity index (χ3v) is 4.77. The van der Waals surface area contributed by atoms with Gasteiger partial charge in [0.1, 0.15) is 0 Å². The van der Waals surface area contributed by atoms with Crippen LogP contribution in [0.2, 0.25) is 0 Å². The molecule has 1 unspecified atom stereocenters. The van der Waals surface area contributed by atoms with Gasteiger partial charge in [0.2, 0.25) is 5.91 Å². The number of H-pyrrole nitrogens is 1. The first-order chi connectivity index (χ1) is 12.0. The number of hydrogen-bond acceptors (Lipinski definition) is 4. The van der Waals surface area contributed by atoms with Gasteiger partial charge in [-0.25, -0.2) is 9.78 Å². The van der Waals surface area contributed by atoms with E-state index < -0.39 is 0 Å². The predicted molar refractivity (Wildman–Crippen MR) is 94.3 cm³/mol. The first kappa shape index (κ1) is 17.4. The molecular formula is C18H25N5O2. The van der Waals surface area contributed by atoms with Crippen LogP contribution in [-0.2, 0) is 11.3 Å². The number of hydrogen-bond donors (Lipinski definition) is 1. The van der Waals surface area contributed by atoms with Crippen molar-refractivity contribution in [3.8, 4) is 0 Å². The number of carbonyl (C=O) groups is 1. The highest BCUT2D eigenvalue weighted by atomic mass is 16.2. The Morgan fingerprint density at radius 1 is 1.40 bits per heavy atom. The average Bonchev–Trinajstić information content (AvgIpc) is 2.92. The van der Waals surface area contributed by atoms with Crippen LogP contribution >= 0.6 is 0 Å². The van der Waals surface area contributed by atoms with E-state index in [0.29, 0.717) is 13.0 Å². The lowest BCUT2D eigenvalue weighted by atomic mass is 9.94. The van der Waals surface area contributed by atoms with Crippen molar-refractivity contribution in [3.05, 3.63) is 45.9 Å². The highest BCUT2D eigenvalue weighted by Gasteiger charge is 2.25. The maximum atomic E-state index is 12.5. The molecule has 0 spiro atoms. The zero-order chi connectivity index (χ0) is 17.8. The van der Waals surface area contributed by atoms with Crippen molar-refractivity contribution in [2.45, 2.75) is 52.0 Å². The number of nitrogens with one attached hydrogen (secondary N) is 1. The molecule has 7 heteroatoms. The molecule has 3 rings (SSSR count). The summed E-state index contributed by atoms with van der Waals surface area (Å²) in [6, 6.07) is 3.88. The summed E-state index contributed by atoms with van der Waals surface area (Å²) in [6.45, 7) is 6.24. The molecule has 3 heterocycles. The third-order valence-electron chi connectivity index (χ3n) is 4.77. The third kappa shape index (κ3) is 4.35. The van der Waals surface area contributed by atoms with Crippen molar-refractivity contribution in [3.63, 3.8) is 0 Å². The van der Waals surface area contributed by atoms with Gasteiger partial charge < -0.3 is 9.88 Å². The molecule has 25 heavy (non-hydrogen) atoms. The molecule has 0 aromatic carbocycles. The van der Waals surface area contributed by atoms with Crippen molar-refractivity contribution < 1.29 is 4.79 Å². The number of aromatic amines is 1. The summed E-state index contributed by atoms with van der Waals surface area (Å²) in [4.78, 5) is 32.3. The minimum atomic E-state index is -0.328. The number of piperidine rings is 1. The number of likely N-dealkylation sites (tertiary alicyclic amines) is 1. The van der Waals surface area contributed by atoms with E-state index in [9.17, 15) is 9.59 Å². The zero-order valence-electron chi connectivity index (χ0n) is 14.9. The largest absolute Gasteiger partial charge is 0.345 e. The molecule has 7 nitrogen and oxygen atoms in total. The van der Waals surface area contributed by atoms with Gasteiger partial charge in [0.15, 0.2) is 0 Å². The van der Waals surface area contributed by atoms with Crippen LogP contribution in [0.25, 0.3) is 0 Å². The molecule has 1 fully saturated rings. The quantitative estimate of drug-likeness (QED) is 0.897. The summed E-state index contributed by atoms with van der Waals surface area (Å²) in [6.07, 6.45) is 4.78. The first-order valence-electron chi connectivity index (χ1n) is 8.87. The minimum Gasteiger partial charge on any atom is -0.342 e. The molecule has 1 amide bonds. The Labute approximate surface area is 147 Å². The molecule has 1 atom stereocenters. The van der Waals surface area contributed by atoms with Crippen LogP contribution in [0.15, 0.2) is 23.1 Å². The lowest BCUT2D eigenvalue weighted by Gasteiger charge is -2.32. The Morgan fingerprint density at radius 3 is 2.96 bits per heavy atom. The minimum absolute atomic E-state index is 0.183. The van der Waals surface area contributed by atoms with Gasteiger partial charge in [0, 0.05) is 49.6 Å². The Kier molecular flexibility index (Phi) is 5.31. The maximum absolute atomic E-state index is 12.5. The summed E-state index contributed by atoms with van der Waals surface area (Å²) < 4.78 is 1.96. The van der Waals surface area contributed by atoms with E-state index in [0.717, 1.165) is 49.4 Å². The lowest BCUT2D eigenvalue weighted by molar-refractivity contribution is -0.132. The molecule has 1 aliphatic rings. The lowest BCUT2D eigenvalue weighted by Crippen LogP contribution is -2.39. The normalized spacial score (nSPS) is 17.7. The molecule has 2 aromatic rings. The van der Waals surface area contributed by atoms with Gasteiger partial charge in [0.05, 0.1) is 5.69 Å². The highest BCUT2D eigenvalue weighted by molar-refractivity contribution is 5.76. The SMILES string of the molecule is Cc1cc(C)n(CCCC(=O)N2CCCC(c3ccnc(=O)[nH]3)C2)n1. The molecule has 0 bridgehead atoms. The number of amides is 1. The van der Waals surface area contributed by atoms with Crippen molar-refractivity contribution in [2.75, 3.05) is 13.1 Å². The summed E-state index contributed by atoms with van der Waals surface area (Å²) in [5, 5.41) is 4.43. The predicted octanol–water partition coefficient (Wildman–Crippen LogP) is 1.77. The Bertz CT molecular complexity index is 795. The van der Waals surface area contributed by atoms with Gasteiger partial charge in [-0.05, 0) is 45.2 Å². The Balaban J connectivity index is 1.53. The van der Waals surface area contributed by atoms with Gasteiger partial charge in [-0.1, -0.05) is 0 Å². The molecule has 134 valence electrons. The molecule has 1 N–H and O–H groups in total. The molecule has 2 aromatic heterocycles. The fourth-order valence-corrected chi connectivity index (χ4v) is 3.52. The van der Waals surface area contributed by atoms with Crippen LogP contribution in [0.5, 0.6) is 0 Å². The number of aryl methyl sites for hydroxylation is 3. The van der Waals surface area contributed by atoms with E-state index >= 15 is 0 Å². The average molecular weight is 343 g/mol. The first-order valence-corrected chi connectivity index (χ1v) is 8.87. The topological polar surface area (TPSA) is 83.9 Å². The zero-order valence-corrected chi connectivity index (χ0v) is 14.9. The van der Waals surface area contributed by atoms with E-state index in [1.54, 1.807) is 0 Å². The monoisotopic (exact) mass is 343 g/mol. The van der Waals surface area contributed by atoms with E-state index in [1.165, 1.54) is 6.20 Å². The summed E-state index contributed by atoms with van der Waals surface area (Å²) in [7, 11) is 0. The van der Waals surface area contributed by atoms with E-state index in [-0.39, 0.29) is 17.5 Å².